The van der Waals surface area contributed by atoms with E-state index in [-0.39, 0.29) is 5.82 Å². The summed E-state index contributed by atoms with van der Waals surface area (Å²) in [4.78, 5) is 14.2. The fraction of sp³-hybridized carbons (Fsp3) is 0.154. The van der Waals surface area contributed by atoms with Crippen LogP contribution in [-0.2, 0) is 0 Å². The highest BCUT2D eigenvalue weighted by Crippen LogP contribution is 2.23. The lowest BCUT2D eigenvalue weighted by atomic mass is 10.1. The van der Waals surface area contributed by atoms with Gasteiger partial charge in [0, 0.05) is 11.4 Å². The van der Waals surface area contributed by atoms with Gasteiger partial charge in [-0.25, -0.2) is 4.39 Å². The summed E-state index contributed by atoms with van der Waals surface area (Å²) < 4.78 is 13.1. The van der Waals surface area contributed by atoms with E-state index < -0.39 is 5.91 Å². The highest BCUT2D eigenvalue weighted by Gasteiger charge is 2.11. The first-order valence-electron chi connectivity index (χ1n) is 5.25. The molecule has 1 aromatic carbocycles. The molecule has 0 aliphatic carbocycles. The SMILES string of the molecule is Cc1cc(-c2cc(C(N)=O)c(C)[nH]2)ccc1F. The molecule has 0 fully saturated rings. The first-order valence-corrected chi connectivity index (χ1v) is 5.25. The summed E-state index contributed by atoms with van der Waals surface area (Å²) in [5.41, 5.74) is 8.58. The molecule has 1 aromatic heterocycles. The predicted octanol–water partition coefficient (Wildman–Crippen LogP) is 2.54. The summed E-state index contributed by atoms with van der Waals surface area (Å²) in [6, 6.07) is 6.49. The van der Waals surface area contributed by atoms with E-state index in [1.807, 2.05) is 0 Å². The van der Waals surface area contributed by atoms with Gasteiger partial charge in [0.1, 0.15) is 5.82 Å². The third-order valence-electron chi connectivity index (χ3n) is 2.75. The van der Waals surface area contributed by atoms with Gasteiger partial charge >= 0.3 is 0 Å². The van der Waals surface area contributed by atoms with E-state index in [2.05, 4.69) is 4.98 Å². The highest BCUT2D eigenvalue weighted by molar-refractivity contribution is 5.95. The second-order valence-electron chi connectivity index (χ2n) is 4.05. The molecule has 88 valence electrons. The quantitative estimate of drug-likeness (QED) is 0.821. The van der Waals surface area contributed by atoms with Crippen molar-refractivity contribution < 1.29 is 9.18 Å². The number of aromatic nitrogens is 1. The number of hydrogen-bond donors (Lipinski definition) is 2. The Morgan fingerprint density at radius 3 is 2.53 bits per heavy atom. The Hall–Kier alpha value is -2.10. The Morgan fingerprint density at radius 1 is 1.29 bits per heavy atom. The topological polar surface area (TPSA) is 58.9 Å². The van der Waals surface area contributed by atoms with Crippen molar-refractivity contribution in [3.8, 4) is 11.3 Å². The molecule has 0 atom stereocenters. The van der Waals surface area contributed by atoms with Crippen molar-refractivity contribution in [2.75, 3.05) is 0 Å². The number of halogens is 1. The molecule has 0 radical (unpaired) electrons. The number of hydrogen-bond acceptors (Lipinski definition) is 1. The van der Waals surface area contributed by atoms with Crippen LogP contribution in [0.5, 0.6) is 0 Å². The minimum Gasteiger partial charge on any atom is -0.366 e. The van der Waals surface area contributed by atoms with E-state index in [0.717, 1.165) is 17.0 Å². The Morgan fingerprint density at radius 2 is 2.00 bits per heavy atom. The van der Waals surface area contributed by atoms with Crippen molar-refractivity contribution in [3.05, 3.63) is 46.9 Å². The van der Waals surface area contributed by atoms with Crippen molar-refractivity contribution >= 4 is 5.91 Å². The molecule has 0 bridgehead atoms. The Balaban J connectivity index is 2.50. The van der Waals surface area contributed by atoms with Crippen LogP contribution in [0.25, 0.3) is 11.3 Å². The van der Waals surface area contributed by atoms with Crippen LogP contribution in [-0.4, -0.2) is 10.9 Å². The standard InChI is InChI=1S/C13H13FN2O/c1-7-5-9(3-4-11(7)14)12-6-10(13(15)17)8(2)16-12/h3-6,16H,1-2H3,(H2,15,17). The molecule has 0 saturated heterocycles. The molecule has 3 N–H and O–H groups in total. The lowest BCUT2D eigenvalue weighted by Gasteiger charge is -2.00. The average molecular weight is 232 g/mol. The van der Waals surface area contributed by atoms with Crippen molar-refractivity contribution in [1.29, 1.82) is 0 Å². The lowest BCUT2D eigenvalue weighted by molar-refractivity contribution is 0.1000. The fourth-order valence-corrected chi connectivity index (χ4v) is 1.78. The molecule has 0 saturated carbocycles. The van der Waals surface area contributed by atoms with E-state index >= 15 is 0 Å². The number of aromatic amines is 1. The van der Waals surface area contributed by atoms with E-state index in [1.54, 1.807) is 32.0 Å². The van der Waals surface area contributed by atoms with Gasteiger partial charge in [0.15, 0.2) is 0 Å². The maximum absolute atomic E-state index is 13.1. The minimum absolute atomic E-state index is 0.243. The largest absolute Gasteiger partial charge is 0.366 e. The summed E-state index contributed by atoms with van der Waals surface area (Å²) in [6.07, 6.45) is 0. The van der Waals surface area contributed by atoms with Crippen LogP contribution in [0.4, 0.5) is 4.39 Å². The van der Waals surface area contributed by atoms with Crippen molar-refractivity contribution in [3.63, 3.8) is 0 Å². The first-order chi connectivity index (χ1) is 7.99. The molecule has 0 unspecified atom stereocenters. The molecular formula is C13H13FN2O. The summed E-state index contributed by atoms with van der Waals surface area (Å²) in [6.45, 7) is 3.48. The zero-order valence-corrected chi connectivity index (χ0v) is 9.67. The van der Waals surface area contributed by atoms with Crippen LogP contribution in [0.2, 0.25) is 0 Å². The number of carbonyl (C=O) groups is 1. The predicted molar refractivity (Wildman–Crippen MR) is 64.2 cm³/mol. The normalized spacial score (nSPS) is 10.5. The number of carbonyl (C=O) groups excluding carboxylic acids is 1. The Bertz CT molecular complexity index is 587. The molecular weight excluding hydrogens is 219 g/mol. The zero-order chi connectivity index (χ0) is 12.6. The van der Waals surface area contributed by atoms with Crippen molar-refractivity contribution in [1.82, 2.24) is 4.98 Å². The third kappa shape index (κ3) is 2.06. The van der Waals surface area contributed by atoms with Gasteiger partial charge in [-0.3, -0.25) is 4.79 Å². The van der Waals surface area contributed by atoms with Gasteiger partial charge in [-0.15, -0.1) is 0 Å². The number of aryl methyl sites for hydroxylation is 2. The molecule has 2 aromatic rings. The average Bonchev–Trinajstić information content (AvgIpc) is 2.64. The second kappa shape index (κ2) is 4.05. The summed E-state index contributed by atoms with van der Waals surface area (Å²) in [5, 5.41) is 0. The van der Waals surface area contributed by atoms with E-state index in [9.17, 15) is 9.18 Å². The molecule has 1 heterocycles. The van der Waals surface area contributed by atoms with Gasteiger partial charge in [0.05, 0.1) is 5.56 Å². The van der Waals surface area contributed by atoms with Crippen LogP contribution in [0.1, 0.15) is 21.6 Å². The van der Waals surface area contributed by atoms with Gasteiger partial charge in [0.25, 0.3) is 5.91 Å². The molecule has 17 heavy (non-hydrogen) atoms. The van der Waals surface area contributed by atoms with Crippen LogP contribution >= 0.6 is 0 Å². The molecule has 0 aliphatic rings. The number of primary amides is 1. The summed E-state index contributed by atoms with van der Waals surface area (Å²) >= 11 is 0. The van der Waals surface area contributed by atoms with E-state index in [1.165, 1.54) is 6.07 Å². The van der Waals surface area contributed by atoms with Gasteiger partial charge in [-0.2, -0.15) is 0 Å². The van der Waals surface area contributed by atoms with Crippen LogP contribution in [0.3, 0.4) is 0 Å². The smallest absolute Gasteiger partial charge is 0.250 e. The number of benzene rings is 1. The molecule has 3 nitrogen and oxygen atoms in total. The molecule has 0 spiro atoms. The number of amides is 1. The van der Waals surface area contributed by atoms with Crippen LogP contribution in [0.15, 0.2) is 24.3 Å². The second-order valence-corrected chi connectivity index (χ2v) is 4.05. The van der Waals surface area contributed by atoms with E-state index in [4.69, 9.17) is 5.73 Å². The first kappa shape index (κ1) is 11.4. The molecule has 0 aliphatic heterocycles. The van der Waals surface area contributed by atoms with Crippen molar-refractivity contribution in [2.24, 2.45) is 5.73 Å². The van der Waals surface area contributed by atoms with Gasteiger partial charge in [-0.05, 0) is 49.2 Å². The maximum Gasteiger partial charge on any atom is 0.250 e. The molecule has 1 amide bonds. The molecule has 4 heteroatoms. The monoisotopic (exact) mass is 232 g/mol. The van der Waals surface area contributed by atoms with Crippen LogP contribution < -0.4 is 5.73 Å². The van der Waals surface area contributed by atoms with Gasteiger partial charge in [0.2, 0.25) is 0 Å². The summed E-state index contributed by atoms with van der Waals surface area (Å²) in [5.74, 6) is -0.712. The summed E-state index contributed by atoms with van der Waals surface area (Å²) in [7, 11) is 0. The minimum atomic E-state index is -0.469. The number of rotatable bonds is 2. The zero-order valence-electron chi connectivity index (χ0n) is 9.67. The van der Waals surface area contributed by atoms with Gasteiger partial charge < -0.3 is 10.7 Å². The van der Waals surface area contributed by atoms with Crippen LogP contribution in [0, 0.1) is 19.7 Å². The van der Waals surface area contributed by atoms with Crippen molar-refractivity contribution in [2.45, 2.75) is 13.8 Å². The Kier molecular flexibility index (Phi) is 2.71. The fourth-order valence-electron chi connectivity index (χ4n) is 1.78. The third-order valence-corrected chi connectivity index (χ3v) is 2.75. The maximum atomic E-state index is 13.1. The van der Waals surface area contributed by atoms with E-state index in [0.29, 0.717) is 11.1 Å². The number of H-pyrrole nitrogens is 1. The number of nitrogens with one attached hydrogen (secondary N) is 1. The number of nitrogens with two attached hydrogens (primary N) is 1. The molecule has 2 rings (SSSR count). The highest BCUT2D eigenvalue weighted by atomic mass is 19.1. The van der Waals surface area contributed by atoms with Gasteiger partial charge in [-0.1, -0.05) is 0 Å². The Labute approximate surface area is 98.5 Å². The lowest BCUT2D eigenvalue weighted by Crippen LogP contribution is -2.10.